The van der Waals surface area contributed by atoms with Gasteiger partial charge in [0.25, 0.3) is 0 Å². The summed E-state index contributed by atoms with van der Waals surface area (Å²) in [5.74, 6) is -0.885. The predicted octanol–water partition coefficient (Wildman–Crippen LogP) is 5.20. The van der Waals surface area contributed by atoms with E-state index < -0.39 is 11.8 Å². The summed E-state index contributed by atoms with van der Waals surface area (Å²) >= 11 is 6.29. The van der Waals surface area contributed by atoms with Crippen molar-refractivity contribution in [3.05, 3.63) is 82.4 Å². The molecule has 180 valence electrons. The van der Waals surface area contributed by atoms with Gasteiger partial charge in [0, 0.05) is 30.0 Å². The standard InChI is InChI=1S/C25H18ClFN6O3/c1-30-19-4-2-3-18(27)23(19)36-21-9-13(5-7-17(21)26)14-10-22(34)32(12-14)15-6-8-20-16(11-15)24(28)31-33(20)25(29)35/h2-9,11,14H,10,12H2,(H2,28,31)(H2,29,35)/t14-/m0/s1. The predicted molar refractivity (Wildman–Crippen MR) is 133 cm³/mol. The first-order valence-corrected chi connectivity index (χ1v) is 11.2. The number of nitrogen functional groups attached to an aromatic ring is 1. The zero-order valence-electron chi connectivity index (χ0n) is 18.6. The number of aromatic nitrogens is 2. The molecule has 0 bridgehead atoms. The van der Waals surface area contributed by atoms with E-state index in [2.05, 4.69) is 9.94 Å². The highest BCUT2D eigenvalue weighted by molar-refractivity contribution is 6.32. The molecule has 1 atom stereocenters. The Morgan fingerprint density at radius 2 is 2.03 bits per heavy atom. The third-order valence-corrected chi connectivity index (χ3v) is 6.36. The number of carbonyl (C=O) groups excluding carboxylic acids is 2. The van der Waals surface area contributed by atoms with E-state index in [1.165, 1.54) is 18.2 Å². The Labute approximate surface area is 209 Å². The van der Waals surface area contributed by atoms with Crippen LogP contribution in [0.2, 0.25) is 5.02 Å². The normalized spacial score (nSPS) is 15.3. The van der Waals surface area contributed by atoms with Crippen LogP contribution in [0.5, 0.6) is 11.5 Å². The van der Waals surface area contributed by atoms with Crippen LogP contribution in [-0.4, -0.2) is 28.3 Å². The van der Waals surface area contributed by atoms with Gasteiger partial charge in [0.1, 0.15) is 5.75 Å². The molecule has 3 aromatic carbocycles. The maximum Gasteiger partial charge on any atom is 0.340 e. The number of ether oxygens (including phenoxy) is 1. The molecule has 0 saturated carbocycles. The fourth-order valence-electron chi connectivity index (χ4n) is 4.29. The lowest BCUT2D eigenvalue weighted by Gasteiger charge is -2.18. The Balaban J connectivity index is 1.43. The van der Waals surface area contributed by atoms with Crippen LogP contribution in [0, 0.1) is 12.4 Å². The van der Waals surface area contributed by atoms with E-state index in [0.717, 1.165) is 10.2 Å². The van der Waals surface area contributed by atoms with Gasteiger partial charge in [-0.1, -0.05) is 29.8 Å². The van der Waals surface area contributed by atoms with Crippen LogP contribution in [0.25, 0.3) is 15.7 Å². The zero-order chi connectivity index (χ0) is 25.6. The molecule has 9 nitrogen and oxygen atoms in total. The van der Waals surface area contributed by atoms with Gasteiger partial charge in [-0.3, -0.25) is 4.79 Å². The second-order valence-electron chi connectivity index (χ2n) is 8.23. The Kier molecular flexibility index (Phi) is 5.70. The highest BCUT2D eigenvalue weighted by atomic mass is 35.5. The number of hydrogen-bond acceptors (Lipinski definition) is 5. The average Bonchev–Trinajstić information content (AvgIpc) is 3.41. The molecule has 0 radical (unpaired) electrons. The smallest absolute Gasteiger partial charge is 0.340 e. The molecule has 1 aliphatic heterocycles. The van der Waals surface area contributed by atoms with Crippen molar-refractivity contribution in [2.75, 3.05) is 17.2 Å². The molecule has 4 N–H and O–H groups in total. The van der Waals surface area contributed by atoms with Crippen LogP contribution in [0.1, 0.15) is 17.9 Å². The van der Waals surface area contributed by atoms with Crippen LogP contribution in [0.4, 0.5) is 26.4 Å². The van der Waals surface area contributed by atoms with Gasteiger partial charge >= 0.3 is 6.03 Å². The molecule has 2 amide bonds. The largest absolute Gasteiger partial charge is 0.464 e. The number of para-hydroxylation sites is 1. The van der Waals surface area contributed by atoms with E-state index in [9.17, 15) is 14.0 Å². The molecule has 2 heterocycles. The van der Waals surface area contributed by atoms with Gasteiger partial charge in [-0.2, -0.15) is 4.68 Å². The molecule has 5 rings (SSSR count). The second kappa shape index (κ2) is 8.87. The summed E-state index contributed by atoms with van der Waals surface area (Å²) < 4.78 is 21.0. The lowest BCUT2D eigenvalue weighted by Crippen LogP contribution is -2.24. The first kappa shape index (κ1) is 23.1. The Morgan fingerprint density at radius 3 is 2.78 bits per heavy atom. The summed E-state index contributed by atoms with van der Waals surface area (Å²) in [4.78, 5) is 29.4. The van der Waals surface area contributed by atoms with Crippen molar-refractivity contribution >= 4 is 51.6 Å². The van der Waals surface area contributed by atoms with E-state index in [4.69, 9.17) is 34.4 Å². The monoisotopic (exact) mass is 504 g/mol. The second-order valence-corrected chi connectivity index (χ2v) is 8.64. The number of carbonyl (C=O) groups is 2. The van der Waals surface area contributed by atoms with Gasteiger partial charge in [-0.05, 0) is 42.0 Å². The summed E-state index contributed by atoms with van der Waals surface area (Å²) in [6.07, 6.45) is 0.224. The molecular formula is C25H18ClFN6O3. The van der Waals surface area contributed by atoms with Crippen molar-refractivity contribution in [3.8, 4) is 11.5 Å². The first-order chi connectivity index (χ1) is 17.3. The van der Waals surface area contributed by atoms with Crippen molar-refractivity contribution in [3.63, 3.8) is 0 Å². The molecule has 4 aromatic rings. The first-order valence-electron chi connectivity index (χ1n) is 10.8. The van der Waals surface area contributed by atoms with Crippen LogP contribution in [0.3, 0.4) is 0 Å². The van der Waals surface area contributed by atoms with E-state index in [1.54, 1.807) is 41.3 Å². The lowest BCUT2D eigenvalue weighted by atomic mass is 9.98. The third kappa shape index (κ3) is 3.95. The minimum atomic E-state index is -0.763. The van der Waals surface area contributed by atoms with Crippen LogP contribution < -0.4 is 21.1 Å². The topological polar surface area (TPSA) is 121 Å². The fourth-order valence-corrected chi connectivity index (χ4v) is 4.45. The molecule has 0 aliphatic carbocycles. The number of primary amides is 1. The molecule has 1 saturated heterocycles. The summed E-state index contributed by atoms with van der Waals surface area (Å²) in [6, 6.07) is 13.4. The molecular weight excluding hydrogens is 487 g/mol. The van der Waals surface area contributed by atoms with Gasteiger partial charge in [0.05, 0.1) is 17.1 Å². The number of hydrogen-bond donors (Lipinski definition) is 2. The van der Waals surface area contributed by atoms with E-state index >= 15 is 0 Å². The van der Waals surface area contributed by atoms with Crippen molar-refractivity contribution in [1.29, 1.82) is 0 Å². The number of amides is 2. The zero-order valence-corrected chi connectivity index (χ0v) is 19.4. The summed E-state index contributed by atoms with van der Waals surface area (Å²) in [6.45, 7) is 7.62. The Morgan fingerprint density at radius 1 is 1.22 bits per heavy atom. The van der Waals surface area contributed by atoms with Crippen LogP contribution in [0.15, 0.2) is 54.6 Å². The third-order valence-electron chi connectivity index (χ3n) is 6.04. The molecule has 1 aliphatic rings. The number of nitrogens with zero attached hydrogens (tertiary/aromatic N) is 4. The maximum atomic E-state index is 14.3. The molecule has 1 fully saturated rings. The SMILES string of the molecule is [C-]#[N+]c1cccc(F)c1Oc1cc([C@H]2CC(=O)N(c3ccc4c(c3)c(N)nn4C(N)=O)C2)ccc1Cl. The van der Waals surface area contributed by atoms with Crippen molar-refractivity contribution in [1.82, 2.24) is 9.78 Å². The highest BCUT2D eigenvalue weighted by Gasteiger charge is 2.32. The molecule has 1 aromatic heterocycles. The van der Waals surface area contributed by atoms with Crippen molar-refractivity contribution in [2.45, 2.75) is 12.3 Å². The van der Waals surface area contributed by atoms with E-state index in [-0.39, 0.29) is 46.3 Å². The molecule has 0 unspecified atom stereocenters. The number of anilines is 2. The van der Waals surface area contributed by atoms with Gasteiger partial charge in [0.15, 0.2) is 17.4 Å². The minimum absolute atomic E-state index is 0.0213. The van der Waals surface area contributed by atoms with Crippen molar-refractivity contribution < 1.29 is 18.7 Å². The van der Waals surface area contributed by atoms with Gasteiger partial charge in [0.2, 0.25) is 11.6 Å². The Hall–Kier alpha value is -4.62. The molecule has 36 heavy (non-hydrogen) atoms. The molecule has 11 heteroatoms. The molecule has 0 spiro atoms. The maximum absolute atomic E-state index is 14.3. The fraction of sp³-hybridized carbons (Fsp3) is 0.120. The van der Waals surface area contributed by atoms with Gasteiger partial charge < -0.3 is 21.1 Å². The lowest BCUT2D eigenvalue weighted by molar-refractivity contribution is -0.117. The summed E-state index contributed by atoms with van der Waals surface area (Å²) in [5, 5.41) is 4.70. The highest BCUT2D eigenvalue weighted by Crippen LogP contribution is 2.40. The minimum Gasteiger partial charge on any atom is -0.464 e. The summed E-state index contributed by atoms with van der Waals surface area (Å²) in [7, 11) is 0. The van der Waals surface area contributed by atoms with E-state index in [1.807, 2.05) is 0 Å². The number of nitrogens with two attached hydrogens (primary N) is 2. The average molecular weight is 505 g/mol. The number of rotatable bonds is 4. The van der Waals surface area contributed by atoms with Crippen molar-refractivity contribution in [2.24, 2.45) is 5.73 Å². The number of halogens is 2. The quantitative estimate of drug-likeness (QED) is 0.370. The number of fused-ring (bicyclic) bond motifs is 1. The number of benzene rings is 3. The Bertz CT molecular complexity index is 1590. The van der Waals surface area contributed by atoms with Crippen LogP contribution in [-0.2, 0) is 4.79 Å². The van der Waals surface area contributed by atoms with Gasteiger partial charge in [-0.15, -0.1) is 5.10 Å². The van der Waals surface area contributed by atoms with E-state index in [0.29, 0.717) is 23.1 Å². The van der Waals surface area contributed by atoms with Crippen LogP contribution >= 0.6 is 11.6 Å². The van der Waals surface area contributed by atoms with Gasteiger partial charge in [-0.25, -0.2) is 14.0 Å². The summed E-state index contributed by atoms with van der Waals surface area (Å²) in [5.41, 5.74) is 13.1.